The van der Waals surface area contributed by atoms with Crippen LogP contribution in [0.15, 0.2) is 0 Å². The first kappa shape index (κ1) is 12.1. The molecule has 0 saturated carbocycles. The van der Waals surface area contributed by atoms with Crippen molar-refractivity contribution in [3.8, 4) is 0 Å². The van der Waals surface area contributed by atoms with Gasteiger partial charge in [-0.15, -0.1) is 0 Å². The minimum atomic E-state index is 0.486. The van der Waals surface area contributed by atoms with E-state index in [-0.39, 0.29) is 0 Å². The molecule has 71 valence electrons. The third-order valence-electron chi connectivity index (χ3n) is 2.78. The van der Waals surface area contributed by atoms with Gasteiger partial charge in [-0.3, -0.25) is 0 Å². The summed E-state index contributed by atoms with van der Waals surface area (Å²) in [5, 5.41) is 0. The third-order valence-corrected chi connectivity index (χ3v) is 2.78. The molecule has 0 bridgehead atoms. The monoisotopic (exact) mass is 167 g/mol. The highest BCUT2D eigenvalue weighted by Gasteiger charge is 2.18. The molecule has 0 aromatic carbocycles. The van der Waals surface area contributed by atoms with E-state index in [1.165, 1.54) is 25.5 Å². The maximum atomic E-state index is 2.43. The highest BCUT2D eigenvalue weighted by atomic mass is 14.2. The van der Waals surface area contributed by atoms with Gasteiger partial charge in [0.2, 0.25) is 0 Å². The molecule has 0 spiro atoms. The van der Waals surface area contributed by atoms with Gasteiger partial charge < -0.3 is 0 Å². The van der Waals surface area contributed by atoms with Crippen molar-refractivity contribution in [2.24, 2.45) is 11.3 Å². The lowest BCUT2D eigenvalue weighted by Crippen LogP contribution is -2.17. The molecule has 0 aromatic heterocycles. The predicted octanol–water partition coefficient (Wildman–Crippen LogP) is 4.01. The zero-order valence-electron chi connectivity index (χ0n) is 9.48. The molecule has 0 nitrogen and oxygen atoms in total. The standard InChI is InChI=1S/C11H24B/c1-6-8-12-9-7-10(2)11(3,4)5/h10H,6-9H2,1-5H3. The van der Waals surface area contributed by atoms with E-state index in [4.69, 9.17) is 0 Å². The normalized spacial score (nSPS) is 14.4. The molecule has 1 heteroatoms. The molecule has 1 unspecified atom stereocenters. The van der Waals surface area contributed by atoms with Gasteiger partial charge in [0.1, 0.15) is 7.28 Å². The van der Waals surface area contributed by atoms with Crippen LogP contribution in [0.25, 0.3) is 0 Å². The first-order chi connectivity index (χ1) is 5.48. The Kier molecular flexibility index (Phi) is 5.70. The molecule has 0 N–H and O–H groups in total. The summed E-state index contributed by atoms with van der Waals surface area (Å²) in [5.74, 6) is 0.839. The Morgan fingerprint density at radius 3 is 2.17 bits per heavy atom. The fourth-order valence-electron chi connectivity index (χ4n) is 1.15. The summed E-state index contributed by atoms with van der Waals surface area (Å²) in [4.78, 5) is 0. The maximum Gasteiger partial charge on any atom is 0.109 e. The number of hydrogen-bond donors (Lipinski definition) is 0. The summed E-state index contributed by atoms with van der Waals surface area (Å²) < 4.78 is 0. The van der Waals surface area contributed by atoms with Crippen molar-refractivity contribution in [2.45, 2.75) is 60.1 Å². The van der Waals surface area contributed by atoms with Gasteiger partial charge in [0.15, 0.2) is 0 Å². The Morgan fingerprint density at radius 2 is 1.75 bits per heavy atom. The van der Waals surface area contributed by atoms with Gasteiger partial charge in [-0.25, -0.2) is 0 Å². The van der Waals surface area contributed by atoms with Crippen molar-refractivity contribution in [3.05, 3.63) is 0 Å². The van der Waals surface area contributed by atoms with Crippen molar-refractivity contribution in [1.29, 1.82) is 0 Å². The quantitative estimate of drug-likeness (QED) is 0.428. The molecule has 0 fully saturated rings. The van der Waals surface area contributed by atoms with Crippen LogP contribution < -0.4 is 0 Å². The van der Waals surface area contributed by atoms with Crippen molar-refractivity contribution < 1.29 is 0 Å². The van der Waals surface area contributed by atoms with Crippen LogP contribution in [0.2, 0.25) is 12.6 Å². The fraction of sp³-hybridized carbons (Fsp3) is 1.00. The van der Waals surface area contributed by atoms with Gasteiger partial charge in [0.25, 0.3) is 0 Å². The Hall–Kier alpha value is 0.0649. The average Bonchev–Trinajstić information content (AvgIpc) is 1.96. The minimum Gasteiger partial charge on any atom is -0.0806 e. The molecule has 1 atom stereocenters. The second-order valence-corrected chi connectivity index (χ2v) is 4.92. The Labute approximate surface area is 79.4 Å². The summed E-state index contributed by atoms with van der Waals surface area (Å²) in [6.07, 6.45) is 5.23. The molecule has 0 aliphatic carbocycles. The SMILES string of the molecule is CCC[B]CCC(C)C(C)(C)C. The predicted molar refractivity (Wildman–Crippen MR) is 58.9 cm³/mol. The van der Waals surface area contributed by atoms with E-state index in [0.29, 0.717) is 5.41 Å². The number of hydrogen-bond acceptors (Lipinski definition) is 0. The second kappa shape index (κ2) is 5.67. The van der Waals surface area contributed by atoms with Gasteiger partial charge in [0.05, 0.1) is 0 Å². The lowest BCUT2D eigenvalue weighted by atomic mass is 9.65. The molecular formula is C11H24B. The average molecular weight is 167 g/mol. The molecule has 0 rings (SSSR count). The molecule has 0 saturated heterocycles. The van der Waals surface area contributed by atoms with E-state index in [0.717, 1.165) is 5.92 Å². The highest BCUT2D eigenvalue weighted by Crippen LogP contribution is 2.28. The lowest BCUT2D eigenvalue weighted by Gasteiger charge is -2.27. The van der Waals surface area contributed by atoms with Crippen LogP contribution in [0.3, 0.4) is 0 Å². The maximum absolute atomic E-state index is 2.43. The van der Waals surface area contributed by atoms with Crippen LogP contribution in [-0.4, -0.2) is 7.28 Å². The molecular weight excluding hydrogens is 143 g/mol. The molecule has 0 amide bonds. The van der Waals surface area contributed by atoms with Crippen LogP contribution in [0.5, 0.6) is 0 Å². The van der Waals surface area contributed by atoms with Crippen molar-refractivity contribution in [2.75, 3.05) is 0 Å². The first-order valence-corrected chi connectivity index (χ1v) is 5.30. The smallest absolute Gasteiger partial charge is 0.0806 e. The van der Waals surface area contributed by atoms with E-state index >= 15 is 0 Å². The molecule has 12 heavy (non-hydrogen) atoms. The van der Waals surface area contributed by atoms with Gasteiger partial charge >= 0.3 is 0 Å². The van der Waals surface area contributed by atoms with E-state index in [9.17, 15) is 0 Å². The van der Waals surface area contributed by atoms with E-state index in [1.807, 2.05) is 0 Å². The van der Waals surface area contributed by atoms with Gasteiger partial charge in [-0.05, 0) is 11.3 Å². The van der Waals surface area contributed by atoms with Gasteiger partial charge in [0, 0.05) is 0 Å². The minimum absolute atomic E-state index is 0.486. The molecule has 0 aliphatic rings. The fourth-order valence-corrected chi connectivity index (χ4v) is 1.15. The van der Waals surface area contributed by atoms with Gasteiger partial charge in [-0.2, -0.15) is 0 Å². The zero-order chi connectivity index (χ0) is 9.61. The van der Waals surface area contributed by atoms with Crippen molar-refractivity contribution >= 4 is 7.28 Å². The topological polar surface area (TPSA) is 0 Å². The largest absolute Gasteiger partial charge is 0.109 e. The van der Waals surface area contributed by atoms with Crippen LogP contribution >= 0.6 is 0 Å². The van der Waals surface area contributed by atoms with Crippen molar-refractivity contribution in [3.63, 3.8) is 0 Å². The van der Waals surface area contributed by atoms with Crippen LogP contribution in [0, 0.1) is 11.3 Å². The second-order valence-electron chi connectivity index (χ2n) is 4.92. The Balaban J connectivity index is 3.38. The summed E-state index contributed by atoms with van der Waals surface area (Å²) >= 11 is 0. The first-order valence-electron chi connectivity index (χ1n) is 5.30. The summed E-state index contributed by atoms with van der Waals surface area (Å²) in [5.41, 5.74) is 0.486. The summed E-state index contributed by atoms with van der Waals surface area (Å²) in [6.45, 7) is 11.6. The summed E-state index contributed by atoms with van der Waals surface area (Å²) in [6, 6.07) is 0. The van der Waals surface area contributed by atoms with E-state index in [1.54, 1.807) is 0 Å². The molecule has 0 heterocycles. The molecule has 0 aliphatic heterocycles. The third kappa shape index (κ3) is 5.68. The van der Waals surface area contributed by atoms with Crippen LogP contribution in [0.1, 0.15) is 47.5 Å². The van der Waals surface area contributed by atoms with Gasteiger partial charge in [-0.1, -0.05) is 60.1 Å². The summed E-state index contributed by atoms with van der Waals surface area (Å²) in [7, 11) is 2.43. The Morgan fingerprint density at radius 1 is 1.17 bits per heavy atom. The Bertz CT molecular complexity index is 102. The highest BCUT2D eigenvalue weighted by molar-refractivity contribution is 6.35. The lowest BCUT2D eigenvalue weighted by molar-refractivity contribution is 0.254. The van der Waals surface area contributed by atoms with E-state index < -0.39 is 0 Å². The molecule has 0 aromatic rings. The van der Waals surface area contributed by atoms with Crippen LogP contribution in [-0.2, 0) is 0 Å². The number of rotatable bonds is 5. The van der Waals surface area contributed by atoms with Crippen LogP contribution in [0.4, 0.5) is 0 Å². The zero-order valence-corrected chi connectivity index (χ0v) is 9.48. The van der Waals surface area contributed by atoms with E-state index in [2.05, 4.69) is 41.9 Å². The van der Waals surface area contributed by atoms with Crippen molar-refractivity contribution in [1.82, 2.24) is 0 Å². The molecule has 1 radical (unpaired) electrons.